The van der Waals surface area contributed by atoms with Crippen LogP contribution in [0.4, 0.5) is 0 Å². The molecule has 6 rings (SSSR count). The van der Waals surface area contributed by atoms with Gasteiger partial charge in [-0.05, 0) is 90.5 Å². The van der Waals surface area contributed by atoms with E-state index in [2.05, 4.69) is 137 Å². The Morgan fingerprint density at radius 3 is 1.72 bits per heavy atom. The fourth-order valence-electron chi connectivity index (χ4n) is 8.86. The van der Waals surface area contributed by atoms with Crippen LogP contribution in [0, 0.1) is 0 Å². The van der Waals surface area contributed by atoms with E-state index in [4.69, 9.17) is 9.47 Å². The normalized spacial score (nSPS) is 23.2. The molecule has 3 unspecified atom stereocenters. The van der Waals surface area contributed by atoms with Crippen molar-refractivity contribution < 1.29 is 27.6 Å². The molecule has 1 aliphatic carbocycles. The summed E-state index contributed by atoms with van der Waals surface area (Å²) < 4.78 is 21.9. The minimum absolute atomic E-state index is 0.0415. The summed E-state index contributed by atoms with van der Waals surface area (Å²) in [6.45, 7) is 18.6. The highest BCUT2D eigenvalue weighted by molar-refractivity contribution is 5.85. The molecule has 2 fully saturated rings. The number of aryl methyl sites for hydroxylation is 1. The molecular weight excluding hydrogens is 617 g/mol. The monoisotopic (exact) mass is 687 g/mol. The second-order valence-corrected chi connectivity index (χ2v) is 20.1. The van der Waals surface area contributed by atoms with Crippen LogP contribution in [0.25, 0.3) is 0 Å². The second-order valence-electron chi connectivity index (χ2n) is 20.1. The van der Waals surface area contributed by atoms with Gasteiger partial charge in [0.15, 0.2) is 23.9 Å². The van der Waals surface area contributed by atoms with Crippen molar-refractivity contribution in [1.29, 1.82) is 0 Å². The molecule has 3 aliphatic heterocycles. The van der Waals surface area contributed by atoms with Gasteiger partial charge in [-0.3, -0.25) is 0 Å². The van der Waals surface area contributed by atoms with E-state index < -0.39 is 6.03 Å². The van der Waals surface area contributed by atoms with E-state index in [0.717, 1.165) is 39.7 Å². The highest BCUT2D eigenvalue weighted by Gasteiger charge is 2.76. The summed E-state index contributed by atoms with van der Waals surface area (Å²) in [5, 5.41) is 0. The number of hydrogen-bond acceptors (Lipinski definition) is 2. The molecular formula is C44H70N4O2+4. The first kappa shape index (κ1) is 37.1. The summed E-state index contributed by atoms with van der Waals surface area (Å²) in [5.41, 5.74) is 7.77. The van der Waals surface area contributed by atoms with Gasteiger partial charge >= 0.3 is 6.03 Å². The third-order valence-electron chi connectivity index (χ3n) is 11.7. The Balaban J connectivity index is 1.46. The van der Waals surface area contributed by atoms with Crippen LogP contribution in [0.1, 0.15) is 139 Å². The number of fused-ring (bicyclic) bond motifs is 5. The van der Waals surface area contributed by atoms with Crippen LogP contribution in [0.5, 0.6) is 11.5 Å². The molecule has 2 aromatic rings. The first-order valence-corrected chi connectivity index (χ1v) is 19.8. The molecule has 2 aromatic carbocycles. The zero-order chi connectivity index (χ0) is 36.4. The first-order chi connectivity index (χ1) is 23.2. The van der Waals surface area contributed by atoms with E-state index >= 15 is 0 Å². The van der Waals surface area contributed by atoms with Crippen molar-refractivity contribution in [2.45, 2.75) is 141 Å². The lowest BCUT2D eigenvalue weighted by atomic mass is 9.79. The average molecular weight is 687 g/mol. The predicted molar refractivity (Wildman–Crippen MR) is 208 cm³/mol. The molecule has 6 heteroatoms. The van der Waals surface area contributed by atoms with Crippen LogP contribution >= 0.6 is 0 Å². The Morgan fingerprint density at radius 2 is 1.24 bits per heavy atom. The Labute approximate surface area is 305 Å². The predicted octanol–water partition coefficient (Wildman–Crippen LogP) is 8.18. The number of hydrogen-bond donors (Lipinski definition) is 0. The standard InChI is InChI=1S/C44H70N4O2/c1-14-31-25-33(32(19-17-23-47(8,9)10)20-18-24-48(11,12)13)26-34-29-45-38-21-15-16-22-39(38)46-30-35-27-36(42(2,3)4)28-37(43(5,6)7)41(35)50-44(45,46)49-40(31)34/h25-30,32,38-39H,14-24H2,1-13H3/q+4. The van der Waals surface area contributed by atoms with Gasteiger partial charge in [0.05, 0.1) is 66.5 Å². The summed E-state index contributed by atoms with van der Waals surface area (Å²) >= 11 is 0. The van der Waals surface area contributed by atoms with Gasteiger partial charge < -0.3 is 18.4 Å². The fourth-order valence-corrected chi connectivity index (χ4v) is 8.86. The molecule has 3 atom stereocenters. The molecule has 1 saturated carbocycles. The van der Waals surface area contributed by atoms with Gasteiger partial charge in [-0.2, -0.15) is 0 Å². The van der Waals surface area contributed by atoms with Crippen molar-refractivity contribution in [1.82, 2.24) is 0 Å². The van der Waals surface area contributed by atoms with E-state index in [1.165, 1.54) is 85.0 Å². The van der Waals surface area contributed by atoms with Crippen molar-refractivity contribution in [3.05, 3.63) is 57.6 Å². The van der Waals surface area contributed by atoms with E-state index in [-0.39, 0.29) is 10.8 Å². The van der Waals surface area contributed by atoms with E-state index in [1.807, 2.05) is 0 Å². The number of rotatable bonds is 10. The van der Waals surface area contributed by atoms with Crippen molar-refractivity contribution in [3.8, 4) is 11.5 Å². The summed E-state index contributed by atoms with van der Waals surface area (Å²) in [6, 6.07) is 9.43. The third kappa shape index (κ3) is 7.31. The maximum atomic E-state index is 7.43. The van der Waals surface area contributed by atoms with Crippen LogP contribution in [0.15, 0.2) is 24.3 Å². The maximum absolute atomic E-state index is 7.43. The zero-order valence-electron chi connectivity index (χ0n) is 34.1. The third-order valence-corrected chi connectivity index (χ3v) is 11.7. The van der Waals surface area contributed by atoms with Crippen LogP contribution in [0.3, 0.4) is 0 Å². The molecule has 274 valence electrons. The maximum Gasteiger partial charge on any atom is 0.704 e. The Bertz CT molecular complexity index is 1640. The molecule has 50 heavy (non-hydrogen) atoms. The molecule has 4 aliphatic rings. The van der Waals surface area contributed by atoms with Gasteiger partial charge in [0, 0.05) is 18.4 Å². The summed E-state index contributed by atoms with van der Waals surface area (Å²) in [5.74, 6) is 2.53. The number of quaternary nitrogens is 2. The van der Waals surface area contributed by atoms with Crippen LogP contribution < -0.4 is 9.47 Å². The highest BCUT2D eigenvalue weighted by Crippen LogP contribution is 2.49. The molecule has 0 N–H and O–H groups in total. The molecule has 0 amide bonds. The lowest BCUT2D eigenvalue weighted by Gasteiger charge is -2.33. The summed E-state index contributed by atoms with van der Waals surface area (Å²) in [7, 11) is 13.9. The van der Waals surface area contributed by atoms with E-state index in [1.54, 1.807) is 0 Å². The van der Waals surface area contributed by atoms with E-state index in [0.29, 0.717) is 18.0 Å². The molecule has 0 radical (unpaired) electrons. The van der Waals surface area contributed by atoms with Crippen LogP contribution in [-0.4, -0.2) is 104 Å². The van der Waals surface area contributed by atoms with Crippen molar-refractivity contribution in [2.24, 2.45) is 0 Å². The Kier molecular flexibility index (Phi) is 9.68. The lowest BCUT2D eigenvalue weighted by molar-refractivity contribution is -0.870. The van der Waals surface area contributed by atoms with Crippen LogP contribution in [-0.2, 0) is 17.3 Å². The minimum Gasteiger partial charge on any atom is -0.340 e. The highest BCUT2D eigenvalue weighted by atomic mass is 16.7. The van der Waals surface area contributed by atoms with Gasteiger partial charge in [-0.25, -0.2) is 0 Å². The first-order valence-electron chi connectivity index (χ1n) is 19.8. The molecule has 0 bridgehead atoms. The topological polar surface area (TPSA) is 24.5 Å². The lowest BCUT2D eigenvalue weighted by Crippen LogP contribution is -2.60. The largest absolute Gasteiger partial charge is 0.704 e. The zero-order valence-corrected chi connectivity index (χ0v) is 34.1. The number of nitrogens with zero attached hydrogens (tertiary/aromatic N) is 4. The SMILES string of the molecule is CCc1cc(C(CCC[N+](C)(C)C)CCC[N+](C)(C)C)cc2c1OC13Oc4c(cc(C(C)(C)C)cc4C(C)(C)C)C=[N+]1C1CCCCC1[N+]3=C2. The number of benzene rings is 2. The molecule has 0 aromatic heterocycles. The van der Waals surface area contributed by atoms with Crippen molar-refractivity contribution in [3.63, 3.8) is 0 Å². The van der Waals surface area contributed by atoms with Gasteiger partial charge in [0.25, 0.3) is 0 Å². The molecule has 3 heterocycles. The Morgan fingerprint density at radius 1 is 0.720 bits per heavy atom. The fraction of sp³-hybridized carbons (Fsp3) is 0.682. The van der Waals surface area contributed by atoms with Crippen molar-refractivity contribution in [2.75, 3.05) is 55.4 Å². The van der Waals surface area contributed by atoms with Crippen molar-refractivity contribution >= 4 is 12.4 Å². The van der Waals surface area contributed by atoms with Gasteiger partial charge in [0.2, 0.25) is 12.1 Å². The van der Waals surface area contributed by atoms with Crippen LogP contribution in [0.2, 0.25) is 0 Å². The average Bonchev–Trinajstić information content (AvgIpc) is 3.27. The number of ether oxygens (including phenoxy) is 2. The van der Waals surface area contributed by atoms with Gasteiger partial charge in [0.1, 0.15) is 0 Å². The second kappa shape index (κ2) is 13.1. The quantitative estimate of drug-likeness (QED) is 0.186. The van der Waals surface area contributed by atoms with Gasteiger partial charge in [-0.15, -0.1) is 0 Å². The summed E-state index contributed by atoms with van der Waals surface area (Å²) in [4.78, 5) is 0. The smallest absolute Gasteiger partial charge is 0.340 e. The summed E-state index contributed by atoms with van der Waals surface area (Å²) in [6.07, 6.45) is 15.5. The van der Waals surface area contributed by atoms with E-state index in [9.17, 15) is 0 Å². The molecule has 1 saturated heterocycles. The molecule has 1 spiro atoms. The van der Waals surface area contributed by atoms with Gasteiger partial charge in [-0.1, -0.05) is 69.7 Å². The minimum atomic E-state index is -1.01. The Hall–Kier alpha value is -2.70. The molecule has 6 nitrogen and oxygen atoms in total.